The minimum atomic E-state index is 0.287. The molecule has 0 fully saturated rings. The molecule has 0 aromatic carbocycles. The summed E-state index contributed by atoms with van der Waals surface area (Å²) in [5, 5.41) is 0. The highest BCUT2D eigenvalue weighted by atomic mass is 33.1. The second kappa shape index (κ2) is 8.82. The minimum Gasteiger partial charge on any atom is -0.425 e. The van der Waals surface area contributed by atoms with Gasteiger partial charge in [0.15, 0.2) is 0 Å². The first-order valence-electron chi connectivity index (χ1n) is 4.27. The van der Waals surface area contributed by atoms with Crippen LogP contribution in [-0.4, -0.2) is 12.8 Å². The summed E-state index contributed by atoms with van der Waals surface area (Å²) in [7, 11) is 1.50. The van der Waals surface area contributed by atoms with Gasteiger partial charge in [0, 0.05) is 6.61 Å². The van der Waals surface area contributed by atoms with E-state index in [1.807, 2.05) is 0 Å². The van der Waals surface area contributed by atoms with Gasteiger partial charge < -0.3 is 4.65 Å². The van der Waals surface area contributed by atoms with Crippen molar-refractivity contribution in [3.05, 3.63) is 0 Å². The van der Waals surface area contributed by atoms with E-state index < -0.39 is 0 Å². The quantitative estimate of drug-likeness (QED) is 0.287. The van der Waals surface area contributed by atoms with Crippen molar-refractivity contribution in [2.75, 3.05) is 6.61 Å². The molecule has 0 aliphatic heterocycles. The highest BCUT2D eigenvalue weighted by Crippen LogP contribution is 2.15. The highest BCUT2D eigenvalue weighted by Gasteiger charge is 2.10. The standard InChI is InChI=1S/C7H17BOS2/c1-3-5-6-7-9-8(4-2)11-10/h10H,3-7H2,1-2H3. The molecule has 0 unspecified atom stereocenters. The monoisotopic (exact) mass is 192 g/mol. The fourth-order valence-corrected chi connectivity index (χ4v) is 1.73. The molecule has 1 nitrogen and oxygen atoms in total. The molecule has 0 aromatic rings. The smallest absolute Gasteiger partial charge is 0.371 e. The van der Waals surface area contributed by atoms with Crippen molar-refractivity contribution in [1.29, 1.82) is 0 Å². The fourth-order valence-electron chi connectivity index (χ4n) is 0.790. The van der Waals surface area contributed by atoms with Crippen LogP contribution in [0.15, 0.2) is 0 Å². The van der Waals surface area contributed by atoms with Gasteiger partial charge in [-0.15, -0.1) is 22.3 Å². The van der Waals surface area contributed by atoms with Crippen molar-refractivity contribution in [3.8, 4) is 0 Å². The van der Waals surface area contributed by atoms with Crippen LogP contribution in [0, 0.1) is 0 Å². The van der Waals surface area contributed by atoms with Crippen molar-refractivity contribution >= 4 is 28.5 Å². The molecule has 0 heterocycles. The number of hydrogen-bond acceptors (Lipinski definition) is 3. The molecule has 11 heavy (non-hydrogen) atoms. The molecule has 66 valence electrons. The summed E-state index contributed by atoms with van der Waals surface area (Å²) in [5.74, 6) is 0. The molecule has 0 aliphatic rings. The first-order chi connectivity index (χ1) is 5.35. The van der Waals surface area contributed by atoms with Crippen LogP contribution < -0.4 is 0 Å². The Hall–Kier alpha value is 0.725. The Morgan fingerprint density at radius 3 is 2.55 bits per heavy atom. The van der Waals surface area contributed by atoms with E-state index in [1.54, 1.807) is 0 Å². The van der Waals surface area contributed by atoms with Gasteiger partial charge in [-0.3, -0.25) is 0 Å². The summed E-state index contributed by atoms with van der Waals surface area (Å²) < 4.78 is 5.53. The highest BCUT2D eigenvalue weighted by molar-refractivity contribution is 8.79. The molecule has 0 aliphatic carbocycles. The Balaban J connectivity index is 3.07. The van der Waals surface area contributed by atoms with Gasteiger partial charge in [0.1, 0.15) is 0 Å². The van der Waals surface area contributed by atoms with Crippen LogP contribution in [0.4, 0.5) is 0 Å². The van der Waals surface area contributed by atoms with Crippen molar-refractivity contribution in [2.24, 2.45) is 0 Å². The molecule has 0 radical (unpaired) electrons. The average molecular weight is 192 g/mol. The molecule has 0 atom stereocenters. The zero-order valence-corrected chi connectivity index (χ0v) is 9.09. The average Bonchev–Trinajstić information content (AvgIpc) is 2.05. The molecule has 0 aromatic heterocycles. The lowest BCUT2D eigenvalue weighted by molar-refractivity contribution is 0.319. The van der Waals surface area contributed by atoms with Crippen LogP contribution in [0.2, 0.25) is 6.32 Å². The van der Waals surface area contributed by atoms with Gasteiger partial charge in [0.05, 0.1) is 0 Å². The summed E-state index contributed by atoms with van der Waals surface area (Å²) in [6, 6.07) is 0. The van der Waals surface area contributed by atoms with E-state index in [4.69, 9.17) is 4.65 Å². The van der Waals surface area contributed by atoms with E-state index in [0.29, 0.717) is 0 Å². The Labute approximate surface area is 79.5 Å². The van der Waals surface area contributed by atoms with Gasteiger partial charge in [-0.1, -0.05) is 26.7 Å². The normalized spacial score (nSPS) is 10.1. The van der Waals surface area contributed by atoms with Gasteiger partial charge in [0.2, 0.25) is 0 Å². The molecule has 0 saturated heterocycles. The molecule has 4 heteroatoms. The minimum absolute atomic E-state index is 0.287. The lowest BCUT2D eigenvalue weighted by Gasteiger charge is -2.07. The first-order valence-corrected chi connectivity index (χ1v) is 6.20. The van der Waals surface area contributed by atoms with Gasteiger partial charge in [0.25, 0.3) is 0 Å². The molecule has 0 rings (SSSR count). The largest absolute Gasteiger partial charge is 0.425 e. The van der Waals surface area contributed by atoms with Crippen LogP contribution in [0.3, 0.4) is 0 Å². The van der Waals surface area contributed by atoms with E-state index in [9.17, 15) is 0 Å². The molecular formula is C7H17BOS2. The van der Waals surface area contributed by atoms with E-state index in [1.165, 1.54) is 29.9 Å². The lowest BCUT2D eigenvalue weighted by atomic mass is 9.95. The van der Waals surface area contributed by atoms with Crippen LogP contribution in [-0.2, 0) is 4.65 Å². The predicted molar refractivity (Wildman–Crippen MR) is 58.3 cm³/mol. The number of thiol groups is 1. The Morgan fingerprint density at radius 1 is 1.36 bits per heavy atom. The van der Waals surface area contributed by atoms with Crippen molar-refractivity contribution < 1.29 is 4.65 Å². The number of hydrogen-bond donors (Lipinski definition) is 1. The fraction of sp³-hybridized carbons (Fsp3) is 1.00. The van der Waals surface area contributed by atoms with Crippen LogP contribution in [0.5, 0.6) is 0 Å². The van der Waals surface area contributed by atoms with E-state index >= 15 is 0 Å². The maximum atomic E-state index is 5.53. The second-order valence-corrected chi connectivity index (χ2v) is 3.89. The summed E-state index contributed by atoms with van der Waals surface area (Å²) >= 11 is 4.11. The SMILES string of the molecule is CCCCCOB(CC)SS. The topological polar surface area (TPSA) is 9.23 Å². The summed E-state index contributed by atoms with van der Waals surface area (Å²) in [6.07, 6.45) is 5.04. The van der Waals surface area contributed by atoms with E-state index in [2.05, 4.69) is 25.5 Å². The Kier molecular flexibility index (Phi) is 9.40. The molecule has 0 N–H and O–H groups in total. The van der Waals surface area contributed by atoms with Crippen molar-refractivity contribution in [3.63, 3.8) is 0 Å². The lowest BCUT2D eigenvalue weighted by Crippen LogP contribution is -2.11. The zero-order valence-electron chi connectivity index (χ0n) is 7.38. The molecule has 0 bridgehead atoms. The third-order valence-electron chi connectivity index (χ3n) is 1.50. The maximum Gasteiger partial charge on any atom is 0.371 e. The number of unbranched alkanes of at least 4 members (excludes halogenated alkanes) is 2. The first kappa shape index (κ1) is 11.7. The maximum absolute atomic E-state index is 5.53. The number of rotatable bonds is 7. The third-order valence-corrected chi connectivity index (χ3v) is 2.91. The molecule has 0 spiro atoms. The van der Waals surface area contributed by atoms with Crippen molar-refractivity contribution in [2.45, 2.75) is 39.4 Å². The zero-order chi connectivity index (χ0) is 8.53. The van der Waals surface area contributed by atoms with Gasteiger partial charge >= 0.3 is 6.19 Å². The summed E-state index contributed by atoms with van der Waals surface area (Å²) in [4.78, 5) is 0. The van der Waals surface area contributed by atoms with Gasteiger partial charge in [-0.2, -0.15) is 0 Å². The van der Waals surface area contributed by atoms with Crippen molar-refractivity contribution in [1.82, 2.24) is 0 Å². The Bertz CT molecular complexity index is 78.8. The van der Waals surface area contributed by atoms with Crippen LogP contribution in [0.1, 0.15) is 33.1 Å². The molecule has 0 saturated carbocycles. The summed E-state index contributed by atoms with van der Waals surface area (Å²) in [6.45, 7) is 5.21. The second-order valence-electron chi connectivity index (χ2n) is 2.52. The Morgan fingerprint density at radius 2 is 2.09 bits per heavy atom. The summed E-state index contributed by atoms with van der Waals surface area (Å²) in [5.41, 5.74) is 0. The molecular weight excluding hydrogens is 175 g/mol. The third kappa shape index (κ3) is 7.10. The van der Waals surface area contributed by atoms with Crippen LogP contribution in [0.25, 0.3) is 0 Å². The molecule has 0 amide bonds. The predicted octanol–water partition coefficient (Wildman–Crippen LogP) is 3.28. The van der Waals surface area contributed by atoms with Crippen LogP contribution >= 0.6 is 22.3 Å². The van der Waals surface area contributed by atoms with E-state index in [0.717, 1.165) is 12.9 Å². The van der Waals surface area contributed by atoms with Gasteiger partial charge in [-0.25, -0.2) is 0 Å². The van der Waals surface area contributed by atoms with E-state index in [-0.39, 0.29) is 6.19 Å². The van der Waals surface area contributed by atoms with Gasteiger partial charge in [-0.05, 0) is 12.7 Å².